The maximum atomic E-state index is 11.5. The molecule has 0 saturated heterocycles. The van der Waals surface area contributed by atoms with Crippen molar-refractivity contribution in [2.45, 2.75) is 25.5 Å². The molecule has 0 heterocycles. The van der Waals surface area contributed by atoms with Crippen molar-refractivity contribution in [1.82, 2.24) is 5.32 Å². The van der Waals surface area contributed by atoms with Crippen LogP contribution in [0.25, 0.3) is 0 Å². The van der Waals surface area contributed by atoms with Crippen LogP contribution in [0.3, 0.4) is 0 Å². The average molecular weight is 263 g/mol. The number of rotatable bonds is 7. The lowest BCUT2D eigenvalue weighted by Crippen LogP contribution is -2.34. The summed E-state index contributed by atoms with van der Waals surface area (Å²) in [5.74, 6) is -0.911. The van der Waals surface area contributed by atoms with E-state index in [1.807, 2.05) is 30.3 Å². The number of carboxylic acids is 1. The summed E-state index contributed by atoms with van der Waals surface area (Å²) in [7, 11) is 0. The molecule has 5 nitrogen and oxygen atoms in total. The highest BCUT2D eigenvalue weighted by Crippen LogP contribution is 2.02. The molecule has 0 bridgehead atoms. The van der Waals surface area contributed by atoms with E-state index in [4.69, 9.17) is 9.84 Å². The van der Waals surface area contributed by atoms with E-state index in [0.29, 0.717) is 6.42 Å². The van der Waals surface area contributed by atoms with E-state index >= 15 is 0 Å². The van der Waals surface area contributed by atoms with Crippen LogP contribution in [-0.2, 0) is 16.1 Å². The molecule has 1 unspecified atom stereocenters. The molecule has 5 heteroatoms. The number of amides is 1. The lowest BCUT2D eigenvalue weighted by molar-refractivity contribution is -0.137. The Morgan fingerprint density at radius 1 is 1.37 bits per heavy atom. The van der Waals surface area contributed by atoms with Crippen LogP contribution in [0.4, 0.5) is 4.79 Å². The maximum absolute atomic E-state index is 11.5. The highest BCUT2D eigenvalue weighted by atomic mass is 16.5. The Hall–Kier alpha value is -2.30. The van der Waals surface area contributed by atoms with Gasteiger partial charge in [-0.2, -0.15) is 0 Å². The fourth-order valence-electron chi connectivity index (χ4n) is 1.44. The number of carbonyl (C=O) groups is 2. The highest BCUT2D eigenvalue weighted by Gasteiger charge is 2.11. The predicted molar refractivity (Wildman–Crippen MR) is 70.6 cm³/mol. The molecule has 1 atom stereocenters. The Balaban J connectivity index is 2.32. The van der Waals surface area contributed by atoms with E-state index in [1.54, 1.807) is 0 Å². The van der Waals surface area contributed by atoms with Crippen molar-refractivity contribution in [3.05, 3.63) is 48.6 Å². The minimum absolute atomic E-state index is 0.0321. The monoisotopic (exact) mass is 263 g/mol. The minimum atomic E-state index is -0.911. The van der Waals surface area contributed by atoms with Crippen molar-refractivity contribution >= 4 is 12.1 Å². The minimum Gasteiger partial charge on any atom is -0.481 e. The zero-order valence-corrected chi connectivity index (χ0v) is 10.5. The average Bonchev–Trinajstić information content (AvgIpc) is 2.42. The van der Waals surface area contributed by atoms with E-state index < -0.39 is 18.1 Å². The molecule has 102 valence electrons. The molecule has 0 aromatic heterocycles. The molecule has 19 heavy (non-hydrogen) atoms. The van der Waals surface area contributed by atoms with Gasteiger partial charge in [0, 0.05) is 6.42 Å². The summed E-state index contributed by atoms with van der Waals surface area (Å²) in [5.41, 5.74) is 0.887. The lowest BCUT2D eigenvalue weighted by atomic mass is 10.1. The molecule has 1 aromatic carbocycles. The summed E-state index contributed by atoms with van der Waals surface area (Å²) in [4.78, 5) is 21.9. The van der Waals surface area contributed by atoms with Gasteiger partial charge >= 0.3 is 12.1 Å². The molecule has 0 fully saturated rings. The standard InChI is InChI=1S/C14H17NO4/c1-2-12(8-9-13(16)17)15-14(18)19-10-11-6-4-3-5-7-11/h2-7,12H,1,8-10H2,(H,15,18)(H,16,17). The van der Waals surface area contributed by atoms with Gasteiger partial charge in [0.15, 0.2) is 0 Å². The van der Waals surface area contributed by atoms with E-state index in [9.17, 15) is 9.59 Å². The van der Waals surface area contributed by atoms with Crippen LogP contribution < -0.4 is 5.32 Å². The van der Waals surface area contributed by atoms with Gasteiger partial charge in [-0.25, -0.2) is 4.79 Å². The quantitative estimate of drug-likeness (QED) is 0.740. The second-order valence-corrected chi connectivity index (χ2v) is 3.98. The molecule has 1 amide bonds. The van der Waals surface area contributed by atoms with Crippen molar-refractivity contribution in [2.75, 3.05) is 0 Å². The van der Waals surface area contributed by atoms with Crippen molar-refractivity contribution < 1.29 is 19.4 Å². The SMILES string of the molecule is C=CC(CCC(=O)O)NC(=O)OCc1ccccc1. The first kappa shape index (κ1) is 14.8. The number of hydrogen-bond acceptors (Lipinski definition) is 3. The summed E-state index contributed by atoms with van der Waals surface area (Å²) < 4.78 is 5.02. The summed E-state index contributed by atoms with van der Waals surface area (Å²) in [6, 6.07) is 8.89. The number of carbonyl (C=O) groups excluding carboxylic acids is 1. The zero-order valence-electron chi connectivity index (χ0n) is 10.5. The Morgan fingerprint density at radius 3 is 2.63 bits per heavy atom. The second kappa shape index (κ2) is 7.92. The van der Waals surface area contributed by atoms with E-state index in [0.717, 1.165) is 5.56 Å². The number of ether oxygens (including phenoxy) is 1. The second-order valence-electron chi connectivity index (χ2n) is 3.98. The van der Waals surface area contributed by atoms with Crippen LogP contribution in [0.5, 0.6) is 0 Å². The molecule has 0 spiro atoms. The van der Waals surface area contributed by atoms with Gasteiger partial charge in [-0.15, -0.1) is 6.58 Å². The number of aliphatic carboxylic acids is 1. The van der Waals surface area contributed by atoms with Crippen LogP contribution in [0, 0.1) is 0 Å². The van der Waals surface area contributed by atoms with Crippen LogP contribution in [0.2, 0.25) is 0 Å². The van der Waals surface area contributed by atoms with E-state index in [-0.39, 0.29) is 13.0 Å². The molecule has 0 aliphatic heterocycles. The Morgan fingerprint density at radius 2 is 2.05 bits per heavy atom. The molecule has 0 aliphatic rings. The van der Waals surface area contributed by atoms with Gasteiger partial charge in [0.25, 0.3) is 0 Å². The third-order valence-corrected chi connectivity index (χ3v) is 2.47. The van der Waals surface area contributed by atoms with E-state index in [1.165, 1.54) is 6.08 Å². The lowest BCUT2D eigenvalue weighted by Gasteiger charge is -2.13. The first-order valence-corrected chi connectivity index (χ1v) is 5.93. The van der Waals surface area contributed by atoms with Crippen LogP contribution in [0.15, 0.2) is 43.0 Å². The smallest absolute Gasteiger partial charge is 0.407 e. The van der Waals surface area contributed by atoms with Crippen LogP contribution in [-0.4, -0.2) is 23.2 Å². The van der Waals surface area contributed by atoms with Crippen molar-refractivity contribution in [3.63, 3.8) is 0 Å². The summed E-state index contributed by atoms with van der Waals surface area (Å²) in [6.07, 6.45) is 1.17. The van der Waals surface area contributed by atoms with Gasteiger partial charge in [0.1, 0.15) is 6.61 Å². The van der Waals surface area contributed by atoms with Gasteiger partial charge < -0.3 is 15.2 Å². The molecule has 0 radical (unpaired) electrons. The molecular weight excluding hydrogens is 246 g/mol. The largest absolute Gasteiger partial charge is 0.481 e. The Bertz CT molecular complexity index is 430. The maximum Gasteiger partial charge on any atom is 0.407 e. The van der Waals surface area contributed by atoms with Gasteiger partial charge in [0.05, 0.1) is 6.04 Å². The van der Waals surface area contributed by atoms with E-state index in [2.05, 4.69) is 11.9 Å². The van der Waals surface area contributed by atoms with Crippen LogP contribution in [0.1, 0.15) is 18.4 Å². The molecule has 1 aromatic rings. The van der Waals surface area contributed by atoms with Crippen LogP contribution >= 0.6 is 0 Å². The molecule has 1 rings (SSSR count). The van der Waals surface area contributed by atoms with Crippen molar-refractivity contribution in [2.24, 2.45) is 0 Å². The normalized spacial score (nSPS) is 11.4. The fraction of sp³-hybridized carbons (Fsp3) is 0.286. The number of nitrogens with one attached hydrogen (secondary N) is 1. The fourth-order valence-corrected chi connectivity index (χ4v) is 1.44. The van der Waals surface area contributed by atoms with Gasteiger partial charge in [0.2, 0.25) is 0 Å². The number of benzene rings is 1. The van der Waals surface area contributed by atoms with Crippen molar-refractivity contribution in [3.8, 4) is 0 Å². The zero-order chi connectivity index (χ0) is 14.1. The molecule has 0 aliphatic carbocycles. The summed E-state index contributed by atoms with van der Waals surface area (Å²) in [5, 5.41) is 11.1. The molecular formula is C14H17NO4. The third kappa shape index (κ3) is 6.26. The highest BCUT2D eigenvalue weighted by molar-refractivity contribution is 5.69. The summed E-state index contributed by atoms with van der Waals surface area (Å²) >= 11 is 0. The van der Waals surface area contributed by atoms with Gasteiger partial charge in [-0.3, -0.25) is 4.79 Å². The Kier molecular flexibility index (Phi) is 6.15. The Labute approximate surface area is 111 Å². The molecule has 2 N–H and O–H groups in total. The molecule has 0 saturated carbocycles. The number of hydrogen-bond donors (Lipinski definition) is 2. The van der Waals surface area contributed by atoms with Gasteiger partial charge in [-0.1, -0.05) is 36.4 Å². The first-order chi connectivity index (χ1) is 9.11. The predicted octanol–water partition coefficient (Wildman–Crippen LogP) is 2.33. The number of alkyl carbamates (subject to hydrolysis) is 1. The summed E-state index contributed by atoms with van der Waals surface area (Å²) in [6.45, 7) is 3.72. The topological polar surface area (TPSA) is 75.6 Å². The van der Waals surface area contributed by atoms with Gasteiger partial charge in [-0.05, 0) is 12.0 Å². The van der Waals surface area contributed by atoms with Crippen molar-refractivity contribution in [1.29, 1.82) is 0 Å². The first-order valence-electron chi connectivity index (χ1n) is 5.93. The third-order valence-electron chi connectivity index (χ3n) is 2.47. The number of carboxylic acid groups (broad SMARTS) is 1.